The number of benzene rings is 1. The molecule has 2 aliphatic rings. The number of amides is 2. The smallest absolute Gasteiger partial charge is 0.272 e. The Bertz CT molecular complexity index is 763. The summed E-state index contributed by atoms with van der Waals surface area (Å²) in [6, 6.07) is 6.12. The highest BCUT2D eigenvalue weighted by atomic mass is 16.6. The van der Waals surface area contributed by atoms with Gasteiger partial charge in [0.15, 0.2) is 0 Å². The van der Waals surface area contributed by atoms with E-state index in [2.05, 4.69) is 21.1 Å². The lowest BCUT2D eigenvalue weighted by atomic mass is 9.72. The maximum Gasteiger partial charge on any atom is 0.272 e. The SMILES string of the molecule is CC1=NNC(=O)[C@@H]1C(c1ccccc1[N+](=O)[O-])[C@H]1C(=O)NN=C1C. The Morgan fingerprint density at radius 2 is 1.54 bits per heavy atom. The summed E-state index contributed by atoms with van der Waals surface area (Å²) in [6.07, 6.45) is 0. The molecule has 0 saturated heterocycles. The zero-order chi connectivity index (χ0) is 17.4. The third-order valence-electron chi connectivity index (χ3n) is 4.36. The second-order valence-electron chi connectivity index (χ2n) is 5.76. The van der Waals surface area contributed by atoms with Crippen molar-refractivity contribution >= 4 is 28.9 Å². The molecule has 1 aromatic carbocycles. The Morgan fingerprint density at radius 1 is 1.04 bits per heavy atom. The van der Waals surface area contributed by atoms with E-state index in [-0.39, 0.29) is 17.5 Å². The van der Waals surface area contributed by atoms with Crippen molar-refractivity contribution in [2.75, 3.05) is 0 Å². The van der Waals surface area contributed by atoms with Gasteiger partial charge in [-0.3, -0.25) is 19.7 Å². The van der Waals surface area contributed by atoms with Crippen LogP contribution in [0.1, 0.15) is 25.3 Å². The molecule has 9 heteroatoms. The van der Waals surface area contributed by atoms with Crippen molar-refractivity contribution < 1.29 is 14.5 Å². The van der Waals surface area contributed by atoms with E-state index in [4.69, 9.17) is 0 Å². The molecule has 0 bridgehead atoms. The molecular weight excluding hydrogens is 314 g/mol. The average molecular weight is 329 g/mol. The number of carbonyl (C=O) groups is 2. The first-order chi connectivity index (χ1) is 11.4. The molecule has 1 aromatic rings. The number of rotatable bonds is 4. The van der Waals surface area contributed by atoms with Crippen molar-refractivity contribution in [3.05, 3.63) is 39.9 Å². The van der Waals surface area contributed by atoms with Gasteiger partial charge in [-0.15, -0.1) is 0 Å². The molecule has 0 unspecified atom stereocenters. The molecule has 9 nitrogen and oxygen atoms in total. The minimum absolute atomic E-state index is 0.137. The highest BCUT2D eigenvalue weighted by Gasteiger charge is 2.47. The quantitative estimate of drug-likeness (QED) is 0.629. The van der Waals surface area contributed by atoms with E-state index in [1.807, 2.05) is 0 Å². The zero-order valence-electron chi connectivity index (χ0n) is 13.0. The van der Waals surface area contributed by atoms with Crippen LogP contribution in [-0.2, 0) is 9.59 Å². The van der Waals surface area contributed by atoms with E-state index in [1.54, 1.807) is 32.0 Å². The number of nitro benzene ring substituents is 1. The Labute approximate surface area is 137 Å². The lowest BCUT2D eigenvalue weighted by Crippen LogP contribution is -2.38. The lowest BCUT2D eigenvalue weighted by molar-refractivity contribution is -0.385. The van der Waals surface area contributed by atoms with Gasteiger partial charge < -0.3 is 0 Å². The second kappa shape index (κ2) is 5.84. The molecule has 0 aliphatic carbocycles. The summed E-state index contributed by atoms with van der Waals surface area (Å²) in [5.74, 6) is -3.08. The monoisotopic (exact) mass is 329 g/mol. The Balaban J connectivity index is 2.19. The molecule has 2 heterocycles. The van der Waals surface area contributed by atoms with Crippen molar-refractivity contribution in [3.63, 3.8) is 0 Å². The van der Waals surface area contributed by atoms with Crippen molar-refractivity contribution in [1.82, 2.24) is 10.9 Å². The number of hydrogen-bond donors (Lipinski definition) is 2. The molecule has 24 heavy (non-hydrogen) atoms. The standard InChI is InChI=1S/C15H15N5O4/c1-7-11(14(21)18-16-7)13(12-8(2)17-19-15(12)22)9-5-3-4-6-10(9)20(23)24/h3-6,11-13H,1-2H3,(H,18,21)(H,19,22)/t11-,12-/m0/s1. The van der Waals surface area contributed by atoms with E-state index in [9.17, 15) is 19.7 Å². The Morgan fingerprint density at radius 3 is 1.96 bits per heavy atom. The van der Waals surface area contributed by atoms with Crippen LogP contribution in [0.25, 0.3) is 0 Å². The molecule has 2 amide bonds. The fourth-order valence-electron chi connectivity index (χ4n) is 3.28. The van der Waals surface area contributed by atoms with Gasteiger partial charge in [0.1, 0.15) is 0 Å². The van der Waals surface area contributed by atoms with Gasteiger partial charge in [0.25, 0.3) is 5.69 Å². The normalized spacial score (nSPS) is 23.0. The van der Waals surface area contributed by atoms with Gasteiger partial charge in [0.2, 0.25) is 11.8 Å². The topological polar surface area (TPSA) is 126 Å². The third-order valence-corrected chi connectivity index (χ3v) is 4.36. The molecule has 2 aliphatic heterocycles. The van der Waals surface area contributed by atoms with Crippen LogP contribution in [0.4, 0.5) is 5.69 Å². The summed E-state index contributed by atoms with van der Waals surface area (Å²) >= 11 is 0. The van der Waals surface area contributed by atoms with Crippen LogP contribution < -0.4 is 10.9 Å². The van der Waals surface area contributed by atoms with Gasteiger partial charge in [0.05, 0.1) is 16.8 Å². The Hall–Kier alpha value is -3.10. The molecule has 0 radical (unpaired) electrons. The van der Waals surface area contributed by atoms with Crippen LogP contribution in [0.2, 0.25) is 0 Å². The predicted octanol–water partition coefficient (Wildman–Crippen LogP) is 0.922. The molecular formula is C15H15N5O4. The molecule has 124 valence electrons. The summed E-state index contributed by atoms with van der Waals surface area (Å²) < 4.78 is 0. The third kappa shape index (κ3) is 2.43. The van der Waals surface area contributed by atoms with Crippen molar-refractivity contribution in [3.8, 4) is 0 Å². The largest absolute Gasteiger partial charge is 0.272 e. The highest BCUT2D eigenvalue weighted by molar-refractivity contribution is 6.12. The summed E-state index contributed by atoms with van der Waals surface area (Å²) in [6.45, 7) is 3.31. The van der Waals surface area contributed by atoms with E-state index >= 15 is 0 Å². The number of hydrazone groups is 2. The molecule has 3 rings (SSSR count). The van der Waals surface area contributed by atoms with Crippen LogP contribution >= 0.6 is 0 Å². The first-order valence-corrected chi connectivity index (χ1v) is 7.33. The molecule has 2 N–H and O–H groups in total. The summed E-state index contributed by atoms with van der Waals surface area (Å²) in [4.78, 5) is 35.5. The maximum absolute atomic E-state index is 12.3. The van der Waals surface area contributed by atoms with Gasteiger partial charge >= 0.3 is 0 Å². The van der Waals surface area contributed by atoms with Gasteiger partial charge in [0, 0.05) is 29.0 Å². The molecule has 2 atom stereocenters. The highest BCUT2D eigenvalue weighted by Crippen LogP contribution is 2.41. The first kappa shape index (κ1) is 15.8. The van der Waals surface area contributed by atoms with Gasteiger partial charge in [-0.2, -0.15) is 10.2 Å². The number of para-hydroxylation sites is 1. The number of nitro groups is 1. The van der Waals surface area contributed by atoms with Crippen LogP contribution in [0.3, 0.4) is 0 Å². The summed E-state index contributed by atoms with van der Waals surface area (Å²) in [7, 11) is 0. The number of nitrogens with zero attached hydrogens (tertiary/aromatic N) is 3. The first-order valence-electron chi connectivity index (χ1n) is 7.33. The van der Waals surface area contributed by atoms with Crippen LogP contribution in [-0.4, -0.2) is 28.2 Å². The summed E-state index contributed by atoms with van der Waals surface area (Å²) in [5.41, 5.74) is 5.90. The average Bonchev–Trinajstić information content (AvgIpc) is 3.05. The molecule has 0 spiro atoms. The van der Waals surface area contributed by atoms with E-state index in [0.29, 0.717) is 17.0 Å². The van der Waals surface area contributed by atoms with E-state index in [0.717, 1.165) is 0 Å². The molecule has 0 aromatic heterocycles. The summed E-state index contributed by atoms with van der Waals surface area (Å²) in [5, 5.41) is 19.3. The maximum atomic E-state index is 12.3. The zero-order valence-corrected chi connectivity index (χ0v) is 13.0. The van der Waals surface area contributed by atoms with Gasteiger partial charge in [-0.05, 0) is 13.8 Å². The molecule has 0 saturated carbocycles. The van der Waals surface area contributed by atoms with Crippen LogP contribution in [0, 0.1) is 22.0 Å². The number of carbonyl (C=O) groups excluding carboxylic acids is 2. The van der Waals surface area contributed by atoms with Crippen LogP contribution in [0.5, 0.6) is 0 Å². The van der Waals surface area contributed by atoms with Crippen molar-refractivity contribution in [2.24, 2.45) is 22.0 Å². The number of nitrogens with one attached hydrogen (secondary N) is 2. The fraction of sp³-hybridized carbons (Fsp3) is 0.333. The number of hydrogen-bond acceptors (Lipinski definition) is 6. The predicted molar refractivity (Wildman–Crippen MR) is 85.3 cm³/mol. The van der Waals surface area contributed by atoms with Crippen LogP contribution in [0.15, 0.2) is 34.5 Å². The fourth-order valence-corrected chi connectivity index (χ4v) is 3.28. The second-order valence-corrected chi connectivity index (χ2v) is 5.76. The van der Waals surface area contributed by atoms with E-state index in [1.165, 1.54) is 6.07 Å². The minimum atomic E-state index is -0.773. The van der Waals surface area contributed by atoms with Gasteiger partial charge in [-0.25, -0.2) is 10.9 Å². The Kier molecular flexibility index (Phi) is 3.84. The van der Waals surface area contributed by atoms with E-state index < -0.39 is 22.7 Å². The molecule has 0 fully saturated rings. The van der Waals surface area contributed by atoms with Crippen molar-refractivity contribution in [2.45, 2.75) is 19.8 Å². The minimum Gasteiger partial charge on any atom is -0.272 e. The van der Waals surface area contributed by atoms with Crippen molar-refractivity contribution in [1.29, 1.82) is 0 Å². The lowest BCUT2D eigenvalue weighted by Gasteiger charge is -2.26. The van der Waals surface area contributed by atoms with Gasteiger partial charge in [-0.1, -0.05) is 18.2 Å².